The Labute approximate surface area is 301 Å². The Bertz CT molecular complexity index is 1080. The predicted octanol–water partition coefficient (Wildman–Crippen LogP) is 10.7. The van der Waals surface area contributed by atoms with Crippen LogP contribution in [0.2, 0.25) is 0 Å². The van der Waals surface area contributed by atoms with Crippen molar-refractivity contribution in [1.29, 1.82) is 0 Å². The number of ether oxygens (including phenoxy) is 2. The Balaban J connectivity index is 1.92. The molecule has 0 aromatic heterocycles. The Kier molecular flexibility index (Phi) is 23.0. The van der Waals surface area contributed by atoms with Crippen LogP contribution in [0.15, 0.2) is 41.4 Å². The van der Waals surface area contributed by atoms with Crippen molar-refractivity contribution < 1.29 is 23.9 Å². The minimum Gasteiger partial charge on any atom is -0.490 e. The number of aliphatic imine (C=N–C) groups is 1. The van der Waals surface area contributed by atoms with Crippen LogP contribution in [0.1, 0.15) is 154 Å². The van der Waals surface area contributed by atoms with Crippen molar-refractivity contribution in [2.75, 3.05) is 47.0 Å². The van der Waals surface area contributed by atoms with Gasteiger partial charge in [-0.15, -0.1) is 0 Å². The first-order valence-corrected chi connectivity index (χ1v) is 20.1. The van der Waals surface area contributed by atoms with Crippen molar-refractivity contribution in [3.05, 3.63) is 42.0 Å². The molecular weight excluding hydrogens is 608 g/mol. The molecule has 1 aromatic rings. The molecule has 0 saturated carbocycles. The third-order valence-electron chi connectivity index (χ3n) is 9.90. The molecular formula is C43H73N2O4+. The molecule has 0 aliphatic carbocycles. The first-order chi connectivity index (χ1) is 23.9. The molecule has 1 unspecified atom stereocenters. The van der Waals surface area contributed by atoms with Crippen molar-refractivity contribution in [2.45, 2.75) is 154 Å². The molecule has 278 valence electrons. The summed E-state index contributed by atoms with van der Waals surface area (Å²) < 4.78 is 13.2. The summed E-state index contributed by atoms with van der Waals surface area (Å²) in [6, 6.07) is 6.01. The van der Waals surface area contributed by atoms with Gasteiger partial charge in [0.15, 0.2) is 17.3 Å². The average Bonchev–Trinajstić information content (AvgIpc) is 3.59. The Hall–Kier alpha value is -2.44. The lowest BCUT2D eigenvalue weighted by molar-refractivity contribution is -0.891. The molecule has 0 saturated heterocycles. The number of ketones is 1. The smallest absolute Gasteiger partial charge is 0.187 e. The van der Waals surface area contributed by atoms with Crippen molar-refractivity contribution in [3.8, 4) is 11.5 Å². The molecule has 6 nitrogen and oxygen atoms in total. The van der Waals surface area contributed by atoms with E-state index in [1.54, 1.807) is 12.3 Å². The molecule has 0 bridgehead atoms. The molecule has 2 rings (SSSR count). The van der Waals surface area contributed by atoms with Gasteiger partial charge in [0.05, 0.1) is 40.5 Å². The van der Waals surface area contributed by atoms with Crippen LogP contribution in [-0.4, -0.2) is 74.1 Å². The number of nitrogens with zero attached hydrogens (tertiary/aromatic N) is 2. The first kappa shape index (κ1) is 42.7. The lowest BCUT2D eigenvalue weighted by Gasteiger charge is -2.32. The van der Waals surface area contributed by atoms with Gasteiger partial charge < -0.3 is 19.1 Å². The monoisotopic (exact) mass is 682 g/mol. The second-order valence-electron chi connectivity index (χ2n) is 14.9. The lowest BCUT2D eigenvalue weighted by atomic mass is 9.90. The number of hydrogen-bond donors (Lipinski definition) is 1. The summed E-state index contributed by atoms with van der Waals surface area (Å²) in [6.07, 6.45) is 35.5. The molecule has 0 spiro atoms. The molecule has 49 heavy (non-hydrogen) atoms. The van der Waals surface area contributed by atoms with Gasteiger partial charge in [0.1, 0.15) is 12.1 Å². The molecule has 1 aliphatic heterocycles. The second-order valence-corrected chi connectivity index (χ2v) is 14.9. The van der Waals surface area contributed by atoms with Gasteiger partial charge in [-0.25, -0.2) is 0 Å². The zero-order valence-electron chi connectivity index (χ0n) is 32.1. The van der Waals surface area contributed by atoms with Crippen molar-refractivity contribution in [2.24, 2.45) is 4.99 Å². The molecule has 0 fully saturated rings. The summed E-state index contributed by atoms with van der Waals surface area (Å²) in [5.74, 6) is 1.51. The Morgan fingerprint density at radius 1 is 0.735 bits per heavy atom. The number of carbonyl (C=O) groups is 1. The number of rotatable bonds is 32. The number of unbranched alkanes of at least 4 members (excludes halogenated alkanes) is 18. The number of hydrogen-bond acceptors (Lipinski definition) is 5. The minimum atomic E-state index is -0.881. The first-order valence-electron chi connectivity index (χ1n) is 20.1. The van der Waals surface area contributed by atoms with E-state index in [2.05, 4.69) is 32.9 Å². The molecule has 0 amide bonds. The largest absolute Gasteiger partial charge is 0.490 e. The molecule has 6 heteroatoms. The van der Waals surface area contributed by atoms with E-state index in [0.717, 1.165) is 36.4 Å². The highest BCUT2D eigenvalue weighted by atomic mass is 16.5. The minimum absolute atomic E-state index is 0.0318. The van der Waals surface area contributed by atoms with E-state index in [4.69, 9.17) is 9.47 Å². The third-order valence-corrected chi connectivity index (χ3v) is 9.90. The van der Waals surface area contributed by atoms with Gasteiger partial charge in [0.2, 0.25) is 0 Å². The van der Waals surface area contributed by atoms with E-state index < -0.39 is 5.54 Å². The van der Waals surface area contributed by atoms with Gasteiger partial charge >= 0.3 is 0 Å². The Morgan fingerprint density at radius 3 is 1.73 bits per heavy atom. The van der Waals surface area contributed by atoms with Crippen LogP contribution in [0.3, 0.4) is 0 Å². The summed E-state index contributed by atoms with van der Waals surface area (Å²) in [5.41, 5.74) is 0.0317. The fourth-order valence-corrected chi connectivity index (χ4v) is 6.41. The van der Waals surface area contributed by atoms with E-state index >= 15 is 0 Å². The van der Waals surface area contributed by atoms with Crippen LogP contribution in [0, 0.1) is 0 Å². The number of aliphatic hydroxyl groups excluding tert-OH is 1. The van der Waals surface area contributed by atoms with Gasteiger partial charge in [0, 0.05) is 12.6 Å². The number of aliphatic hydroxyl groups is 1. The van der Waals surface area contributed by atoms with Crippen LogP contribution in [0.4, 0.5) is 0 Å². The summed E-state index contributed by atoms with van der Waals surface area (Å²) in [5, 5.41) is 9.43. The normalized spacial score (nSPS) is 15.9. The van der Waals surface area contributed by atoms with Crippen LogP contribution in [-0.2, 0) is 4.79 Å². The number of benzene rings is 1. The molecule has 1 heterocycles. The molecule has 1 aliphatic rings. The number of allylic oxidation sites excluding steroid dienone is 1. The third kappa shape index (κ3) is 18.9. The maximum Gasteiger partial charge on any atom is 0.187 e. The maximum absolute atomic E-state index is 13.5. The summed E-state index contributed by atoms with van der Waals surface area (Å²) in [6.45, 7) is 7.41. The second kappa shape index (κ2) is 26.4. The topological polar surface area (TPSA) is 68.1 Å². The van der Waals surface area contributed by atoms with E-state index in [1.807, 2.05) is 36.4 Å². The highest BCUT2D eigenvalue weighted by Gasteiger charge is 2.37. The van der Waals surface area contributed by atoms with Gasteiger partial charge in [-0.1, -0.05) is 142 Å². The van der Waals surface area contributed by atoms with Crippen molar-refractivity contribution in [1.82, 2.24) is 0 Å². The maximum atomic E-state index is 13.5. The van der Waals surface area contributed by atoms with Gasteiger partial charge in [-0.05, 0) is 48.8 Å². The SMILES string of the molecule is CCCCCCCCCCCCOc1ccc(C=CC(=O)C2(CC[N+](C)(C)CCO)C=CC=N2)cc1OCCCCCCCCCCCC. The number of quaternary nitrogens is 1. The molecule has 0 radical (unpaired) electrons. The van der Waals surface area contributed by atoms with E-state index in [-0.39, 0.29) is 12.4 Å². The Morgan fingerprint density at radius 2 is 1.24 bits per heavy atom. The van der Waals surface area contributed by atoms with Crippen LogP contribution in [0.25, 0.3) is 6.08 Å². The fraction of sp³-hybridized carbons (Fsp3) is 0.721. The molecule has 1 atom stereocenters. The van der Waals surface area contributed by atoms with E-state index in [1.165, 1.54) is 116 Å². The summed E-state index contributed by atoms with van der Waals surface area (Å²) in [4.78, 5) is 18.1. The zero-order valence-corrected chi connectivity index (χ0v) is 32.1. The number of likely N-dealkylation sites (N-methyl/N-ethyl adjacent to an activating group) is 1. The van der Waals surface area contributed by atoms with Crippen molar-refractivity contribution >= 4 is 18.1 Å². The van der Waals surface area contributed by atoms with Crippen LogP contribution < -0.4 is 9.47 Å². The highest BCUT2D eigenvalue weighted by Crippen LogP contribution is 2.31. The van der Waals surface area contributed by atoms with Gasteiger partial charge in [-0.2, -0.15) is 0 Å². The predicted molar refractivity (Wildman–Crippen MR) is 209 cm³/mol. The fourth-order valence-electron chi connectivity index (χ4n) is 6.41. The average molecular weight is 682 g/mol. The van der Waals surface area contributed by atoms with Gasteiger partial charge in [-0.3, -0.25) is 9.79 Å². The molecule has 1 N–H and O–H groups in total. The van der Waals surface area contributed by atoms with E-state index in [0.29, 0.717) is 30.7 Å². The van der Waals surface area contributed by atoms with Crippen molar-refractivity contribution in [3.63, 3.8) is 0 Å². The standard InChI is InChI=1S/C43H73N2O4/c1-5-7-9-11-13-15-17-19-21-23-36-48-40-28-26-39(38-41(40)49-37-24-22-20-18-16-14-12-10-8-6-2)27-29-42(47)43(30-25-32-44-43)31-33-45(3,4)34-35-46/h25-30,32,38,46H,5-24,31,33-37H2,1-4H3/q+1. The van der Waals surface area contributed by atoms with E-state index in [9.17, 15) is 9.90 Å². The molecule has 1 aromatic carbocycles. The summed E-state index contributed by atoms with van der Waals surface area (Å²) in [7, 11) is 4.15. The van der Waals surface area contributed by atoms with Crippen LogP contribution >= 0.6 is 0 Å². The summed E-state index contributed by atoms with van der Waals surface area (Å²) >= 11 is 0. The lowest BCUT2D eigenvalue weighted by Crippen LogP contribution is -2.46. The zero-order chi connectivity index (χ0) is 35.5. The van der Waals surface area contributed by atoms with Gasteiger partial charge in [0.25, 0.3) is 0 Å². The highest BCUT2D eigenvalue weighted by molar-refractivity contribution is 6.05. The number of carbonyl (C=O) groups excluding carboxylic acids is 1. The quantitative estimate of drug-likeness (QED) is 0.0467. The van der Waals surface area contributed by atoms with Crippen LogP contribution in [0.5, 0.6) is 11.5 Å².